The maximum absolute atomic E-state index is 13.0. The number of aromatic nitrogens is 2. The van der Waals surface area contributed by atoms with E-state index in [9.17, 15) is 9.18 Å². The number of benzene rings is 1. The van der Waals surface area contributed by atoms with Crippen LogP contribution in [-0.2, 0) is 4.79 Å². The van der Waals surface area contributed by atoms with Crippen molar-refractivity contribution >= 4 is 16.9 Å². The molecular weight excluding hydrogens is 223 g/mol. The molecule has 4 nitrogen and oxygen atoms in total. The minimum absolute atomic E-state index is 0.131. The molecule has 0 aliphatic heterocycles. The van der Waals surface area contributed by atoms with Crippen molar-refractivity contribution in [2.75, 3.05) is 0 Å². The summed E-state index contributed by atoms with van der Waals surface area (Å²) in [5, 5.41) is 13.9. The molecule has 1 aromatic carbocycles. The van der Waals surface area contributed by atoms with Crippen LogP contribution >= 0.6 is 0 Å². The molecule has 3 rings (SSSR count). The average Bonchev–Trinajstić information content (AvgIpc) is 2.56. The number of carboxylic acids is 1. The SMILES string of the molecule is O=C(O)C1CC(n2cc3cc(F)ccc3n2)C1. The zero-order valence-corrected chi connectivity index (χ0v) is 9.01. The molecule has 1 saturated carbocycles. The summed E-state index contributed by atoms with van der Waals surface area (Å²) in [7, 11) is 0. The molecule has 2 aromatic rings. The van der Waals surface area contributed by atoms with Crippen LogP contribution in [0, 0.1) is 11.7 Å². The summed E-state index contributed by atoms with van der Waals surface area (Å²) in [4.78, 5) is 10.7. The van der Waals surface area contributed by atoms with Crippen LogP contribution < -0.4 is 0 Å². The fourth-order valence-electron chi connectivity index (χ4n) is 2.21. The summed E-state index contributed by atoms with van der Waals surface area (Å²) < 4.78 is 14.7. The van der Waals surface area contributed by atoms with Crippen LogP contribution in [0.3, 0.4) is 0 Å². The van der Waals surface area contributed by atoms with Gasteiger partial charge in [0.15, 0.2) is 0 Å². The van der Waals surface area contributed by atoms with E-state index in [1.54, 1.807) is 16.9 Å². The topological polar surface area (TPSA) is 55.1 Å². The molecule has 1 aliphatic rings. The molecule has 88 valence electrons. The Morgan fingerprint density at radius 3 is 2.94 bits per heavy atom. The van der Waals surface area contributed by atoms with Gasteiger partial charge in [0.1, 0.15) is 5.82 Å². The number of carboxylic acid groups (broad SMARTS) is 1. The molecule has 5 heteroatoms. The van der Waals surface area contributed by atoms with Gasteiger partial charge >= 0.3 is 5.97 Å². The van der Waals surface area contributed by atoms with Gasteiger partial charge in [-0.1, -0.05) is 0 Å². The summed E-state index contributed by atoms with van der Waals surface area (Å²) in [6, 6.07) is 4.58. The zero-order valence-electron chi connectivity index (χ0n) is 9.01. The molecule has 0 atom stereocenters. The summed E-state index contributed by atoms with van der Waals surface area (Å²) in [5.41, 5.74) is 0.741. The molecule has 0 amide bonds. The van der Waals surface area contributed by atoms with Gasteiger partial charge in [-0.25, -0.2) is 4.39 Å². The second-order valence-corrected chi connectivity index (χ2v) is 4.47. The molecule has 0 bridgehead atoms. The third-order valence-electron chi connectivity index (χ3n) is 3.32. The Morgan fingerprint density at radius 1 is 1.47 bits per heavy atom. The van der Waals surface area contributed by atoms with Gasteiger partial charge in [0, 0.05) is 11.6 Å². The Kier molecular flexibility index (Phi) is 2.14. The number of aliphatic carboxylic acids is 1. The Morgan fingerprint density at radius 2 is 2.24 bits per heavy atom. The third-order valence-corrected chi connectivity index (χ3v) is 3.32. The van der Waals surface area contributed by atoms with Gasteiger partial charge in [-0.05, 0) is 31.0 Å². The predicted octanol–water partition coefficient (Wildman–Crippen LogP) is 2.21. The normalized spacial score (nSPS) is 23.6. The quantitative estimate of drug-likeness (QED) is 0.866. The van der Waals surface area contributed by atoms with E-state index in [0.717, 1.165) is 10.9 Å². The van der Waals surface area contributed by atoms with E-state index in [0.29, 0.717) is 12.8 Å². The van der Waals surface area contributed by atoms with Crippen molar-refractivity contribution in [2.24, 2.45) is 5.92 Å². The number of carbonyl (C=O) groups is 1. The highest BCUT2D eigenvalue weighted by Gasteiger charge is 2.36. The Labute approximate surface area is 96.7 Å². The van der Waals surface area contributed by atoms with Crippen molar-refractivity contribution in [3.8, 4) is 0 Å². The van der Waals surface area contributed by atoms with Crippen molar-refractivity contribution in [2.45, 2.75) is 18.9 Å². The number of halogens is 1. The lowest BCUT2D eigenvalue weighted by molar-refractivity contribution is -0.146. The lowest BCUT2D eigenvalue weighted by atomic mass is 9.80. The predicted molar refractivity (Wildman–Crippen MR) is 59.1 cm³/mol. The molecule has 1 aliphatic carbocycles. The summed E-state index contributed by atoms with van der Waals surface area (Å²) in [6.07, 6.45) is 2.98. The Bertz CT molecular complexity index is 587. The molecule has 0 unspecified atom stereocenters. The molecule has 1 fully saturated rings. The molecule has 0 saturated heterocycles. The van der Waals surface area contributed by atoms with E-state index in [1.165, 1.54) is 12.1 Å². The Hall–Kier alpha value is -1.91. The van der Waals surface area contributed by atoms with Crippen LogP contribution in [0.5, 0.6) is 0 Å². The maximum atomic E-state index is 13.0. The number of rotatable bonds is 2. The fourth-order valence-corrected chi connectivity index (χ4v) is 2.21. The average molecular weight is 234 g/mol. The van der Waals surface area contributed by atoms with Crippen LogP contribution in [0.15, 0.2) is 24.4 Å². The third kappa shape index (κ3) is 1.67. The fraction of sp³-hybridized carbons (Fsp3) is 0.333. The summed E-state index contributed by atoms with van der Waals surface area (Å²) in [6.45, 7) is 0. The minimum atomic E-state index is -0.746. The van der Waals surface area contributed by atoms with Crippen molar-refractivity contribution in [3.63, 3.8) is 0 Å². The summed E-state index contributed by atoms with van der Waals surface area (Å²) in [5.74, 6) is -1.29. The summed E-state index contributed by atoms with van der Waals surface area (Å²) >= 11 is 0. The van der Waals surface area contributed by atoms with Crippen molar-refractivity contribution in [1.29, 1.82) is 0 Å². The highest BCUT2D eigenvalue weighted by molar-refractivity contribution is 5.78. The van der Waals surface area contributed by atoms with Crippen LogP contribution in [-0.4, -0.2) is 20.9 Å². The zero-order chi connectivity index (χ0) is 12.0. The van der Waals surface area contributed by atoms with Crippen LogP contribution in [0.25, 0.3) is 10.9 Å². The lowest BCUT2D eigenvalue weighted by Gasteiger charge is -2.32. The largest absolute Gasteiger partial charge is 0.481 e. The van der Waals surface area contributed by atoms with Crippen LogP contribution in [0.1, 0.15) is 18.9 Å². The van der Waals surface area contributed by atoms with Crippen LogP contribution in [0.4, 0.5) is 4.39 Å². The van der Waals surface area contributed by atoms with E-state index in [1.807, 2.05) is 0 Å². The molecule has 1 aromatic heterocycles. The second-order valence-electron chi connectivity index (χ2n) is 4.47. The Balaban J connectivity index is 1.85. The van der Waals surface area contributed by atoms with E-state index in [2.05, 4.69) is 5.10 Å². The first-order valence-electron chi connectivity index (χ1n) is 5.51. The van der Waals surface area contributed by atoms with Gasteiger partial charge in [0.05, 0.1) is 17.5 Å². The first kappa shape index (κ1) is 10.3. The number of fused-ring (bicyclic) bond motifs is 1. The molecule has 0 spiro atoms. The van der Waals surface area contributed by atoms with E-state index in [4.69, 9.17) is 5.11 Å². The van der Waals surface area contributed by atoms with Gasteiger partial charge in [-0.3, -0.25) is 9.48 Å². The first-order valence-corrected chi connectivity index (χ1v) is 5.51. The van der Waals surface area contributed by atoms with E-state index in [-0.39, 0.29) is 17.8 Å². The highest BCUT2D eigenvalue weighted by atomic mass is 19.1. The van der Waals surface area contributed by atoms with Crippen molar-refractivity contribution in [3.05, 3.63) is 30.2 Å². The minimum Gasteiger partial charge on any atom is -0.481 e. The van der Waals surface area contributed by atoms with E-state index < -0.39 is 5.97 Å². The van der Waals surface area contributed by atoms with Crippen molar-refractivity contribution in [1.82, 2.24) is 9.78 Å². The van der Waals surface area contributed by atoms with Gasteiger partial charge < -0.3 is 5.11 Å². The standard InChI is InChI=1S/C12H11FN2O2/c13-9-1-2-11-8(3-9)6-15(14-11)10-4-7(5-10)12(16)17/h1-3,6-7,10H,4-5H2,(H,16,17). The molecule has 1 N–H and O–H groups in total. The lowest BCUT2D eigenvalue weighted by Crippen LogP contribution is -2.32. The number of hydrogen-bond donors (Lipinski definition) is 1. The first-order chi connectivity index (χ1) is 8.13. The van der Waals surface area contributed by atoms with Crippen LogP contribution in [0.2, 0.25) is 0 Å². The molecule has 17 heavy (non-hydrogen) atoms. The monoisotopic (exact) mass is 234 g/mol. The molecule has 1 heterocycles. The van der Waals surface area contributed by atoms with Gasteiger partial charge in [0.25, 0.3) is 0 Å². The van der Waals surface area contributed by atoms with Crippen molar-refractivity contribution < 1.29 is 14.3 Å². The molecular formula is C12H11FN2O2. The number of nitrogens with zero attached hydrogens (tertiary/aromatic N) is 2. The van der Waals surface area contributed by atoms with Gasteiger partial charge in [0.2, 0.25) is 0 Å². The maximum Gasteiger partial charge on any atom is 0.306 e. The highest BCUT2D eigenvalue weighted by Crippen LogP contribution is 2.38. The second kappa shape index (κ2) is 3.55. The van der Waals surface area contributed by atoms with E-state index >= 15 is 0 Å². The smallest absolute Gasteiger partial charge is 0.306 e. The molecule has 0 radical (unpaired) electrons. The van der Waals surface area contributed by atoms with Gasteiger partial charge in [-0.2, -0.15) is 5.10 Å². The van der Waals surface area contributed by atoms with Gasteiger partial charge in [-0.15, -0.1) is 0 Å². The number of hydrogen-bond acceptors (Lipinski definition) is 2.